The van der Waals surface area contributed by atoms with Gasteiger partial charge in [0.15, 0.2) is 5.76 Å². The molecule has 25 heavy (non-hydrogen) atoms. The summed E-state index contributed by atoms with van der Waals surface area (Å²) < 4.78 is 18.5. The summed E-state index contributed by atoms with van der Waals surface area (Å²) in [6.45, 7) is 1.66. The summed E-state index contributed by atoms with van der Waals surface area (Å²) in [4.78, 5) is 25.9. The molecule has 0 saturated heterocycles. The predicted molar refractivity (Wildman–Crippen MR) is 92.9 cm³/mol. The molecule has 1 N–H and O–H groups in total. The number of aryl methyl sites for hydroxylation is 1. The molecule has 0 aliphatic heterocycles. The number of carbonyl (C=O) groups excluding carboxylic acids is 2. The van der Waals surface area contributed by atoms with E-state index in [2.05, 4.69) is 5.32 Å². The van der Waals surface area contributed by atoms with Crippen LogP contribution in [0.15, 0.2) is 52.9 Å². The van der Waals surface area contributed by atoms with Crippen molar-refractivity contribution >= 4 is 28.5 Å². The van der Waals surface area contributed by atoms with Gasteiger partial charge in [0.2, 0.25) is 5.91 Å². The van der Waals surface area contributed by atoms with Crippen molar-refractivity contribution in [2.75, 3.05) is 18.9 Å². The smallest absolute Gasteiger partial charge is 0.290 e. The second kappa shape index (κ2) is 6.76. The van der Waals surface area contributed by atoms with Gasteiger partial charge in [0, 0.05) is 23.7 Å². The third-order valence-electron chi connectivity index (χ3n) is 3.89. The van der Waals surface area contributed by atoms with Crippen molar-refractivity contribution in [2.24, 2.45) is 0 Å². The molecule has 0 fully saturated rings. The molecule has 0 aliphatic rings. The molecule has 1 aromatic heterocycles. The molecule has 3 rings (SSSR count). The van der Waals surface area contributed by atoms with Gasteiger partial charge in [-0.25, -0.2) is 4.39 Å². The minimum atomic E-state index is -0.384. The number of furan rings is 1. The Balaban J connectivity index is 1.70. The van der Waals surface area contributed by atoms with Crippen molar-refractivity contribution in [3.8, 4) is 0 Å². The monoisotopic (exact) mass is 340 g/mol. The number of hydrogen-bond donors (Lipinski definition) is 1. The molecular weight excluding hydrogens is 323 g/mol. The maximum Gasteiger partial charge on any atom is 0.290 e. The normalized spacial score (nSPS) is 10.7. The lowest BCUT2D eigenvalue weighted by atomic mass is 10.1. The summed E-state index contributed by atoms with van der Waals surface area (Å²) >= 11 is 0. The first-order valence-electron chi connectivity index (χ1n) is 7.74. The van der Waals surface area contributed by atoms with Gasteiger partial charge in [-0.1, -0.05) is 18.2 Å². The quantitative estimate of drug-likeness (QED) is 0.789. The Morgan fingerprint density at radius 1 is 1.12 bits per heavy atom. The van der Waals surface area contributed by atoms with Gasteiger partial charge in [-0.15, -0.1) is 0 Å². The minimum absolute atomic E-state index is 0.146. The molecule has 0 bridgehead atoms. The van der Waals surface area contributed by atoms with E-state index >= 15 is 0 Å². The van der Waals surface area contributed by atoms with Crippen LogP contribution in [0.3, 0.4) is 0 Å². The highest BCUT2D eigenvalue weighted by atomic mass is 19.1. The topological polar surface area (TPSA) is 62.6 Å². The van der Waals surface area contributed by atoms with Gasteiger partial charge in [0.1, 0.15) is 11.4 Å². The Morgan fingerprint density at radius 2 is 1.80 bits per heavy atom. The van der Waals surface area contributed by atoms with Gasteiger partial charge in [-0.05, 0) is 37.3 Å². The van der Waals surface area contributed by atoms with Crippen LogP contribution in [0.4, 0.5) is 10.1 Å². The maximum atomic E-state index is 12.9. The summed E-state index contributed by atoms with van der Waals surface area (Å²) in [5.41, 5.74) is 1.84. The van der Waals surface area contributed by atoms with Crippen LogP contribution < -0.4 is 5.32 Å². The molecule has 0 unspecified atom stereocenters. The van der Waals surface area contributed by atoms with Crippen molar-refractivity contribution in [3.63, 3.8) is 0 Å². The van der Waals surface area contributed by atoms with E-state index in [-0.39, 0.29) is 29.9 Å². The summed E-state index contributed by atoms with van der Waals surface area (Å²) in [7, 11) is 1.53. The van der Waals surface area contributed by atoms with Crippen LogP contribution in [0.1, 0.15) is 16.1 Å². The van der Waals surface area contributed by atoms with E-state index in [1.165, 1.54) is 36.2 Å². The molecule has 2 aromatic carbocycles. The molecule has 2 amide bonds. The SMILES string of the molecule is Cc1c(C(=O)N(C)CC(=O)Nc2ccc(F)cc2)oc2ccccc12. The maximum absolute atomic E-state index is 12.9. The average molecular weight is 340 g/mol. The number of para-hydroxylation sites is 1. The largest absolute Gasteiger partial charge is 0.451 e. The van der Waals surface area contributed by atoms with Gasteiger partial charge in [-0.3, -0.25) is 9.59 Å². The molecule has 5 nitrogen and oxygen atoms in total. The van der Waals surface area contributed by atoms with Crippen molar-refractivity contribution in [2.45, 2.75) is 6.92 Å². The van der Waals surface area contributed by atoms with Crippen LogP contribution in [0.2, 0.25) is 0 Å². The molecule has 0 saturated carbocycles. The van der Waals surface area contributed by atoms with Crippen LogP contribution >= 0.6 is 0 Å². The molecule has 0 spiro atoms. The Kier molecular flexibility index (Phi) is 4.52. The molecule has 6 heteroatoms. The first-order chi connectivity index (χ1) is 12.0. The molecule has 0 aliphatic carbocycles. The number of nitrogens with zero attached hydrogens (tertiary/aromatic N) is 1. The lowest BCUT2D eigenvalue weighted by Crippen LogP contribution is -2.35. The van der Waals surface area contributed by atoms with E-state index in [0.717, 1.165) is 10.9 Å². The minimum Gasteiger partial charge on any atom is -0.451 e. The zero-order chi connectivity index (χ0) is 18.0. The fraction of sp³-hybridized carbons (Fsp3) is 0.158. The summed E-state index contributed by atoms with van der Waals surface area (Å²) in [5.74, 6) is -0.914. The highest BCUT2D eigenvalue weighted by Crippen LogP contribution is 2.25. The number of amides is 2. The van der Waals surface area contributed by atoms with Crippen LogP contribution in [-0.4, -0.2) is 30.3 Å². The third kappa shape index (κ3) is 3.52. The van der Waals surface area contributed by atoms with Gasteiger partial charge in [-0.2, -0.15) is 0 Å². The molecule has 0 radical (unpaired) electrons. The Labute approximate surface area is 144 Å². The molecular formula is C19H17FN2O3. The van der Waals surface area contributed by atoms with Crippen LogP contribution in [0.25, 0.3) is 11.0 Å². The zero-order valence-corrected chi connectivity index (χ0v) is 13.9. The summed E-state index contributed by atoms with van der Waals surface area (Å²) in [6, 6.07) is 12.8. The van der Waals surface area contributed by atoms with E-state index in [9.17, 15) is 14.0 Å². The number of hydrogen-bond acceptors (Lipinski definition) is 3. The van der Waals surface area contributed by atoms with Crippen molar-refractivity contribution in [3.05, 3.63) is 65.7 Å². The first kappa shape index (κ1) is 16.7. The average Bonchev–Trinajstić information content (AvgIpc) is 2.93. The lowest BCUT2D eigenvalue weighted by molar-refractivity contribution is -0.116. The van der Waals surface area contributed by atoms with E-state index < -0.39 is 0 Å². The number of benzene rings is 2. The number of rotatable bonds is 4. The molecule has 1 heterocycles. The highest BCUT2D eigenvalue weighted by Gasteiger charge is 2.22. The molecule has 0 atom stereocenters. The first-order valence-corrected chi connectivity index (χ1v) is 7.74. The standard InChI is InChI=1S/C19H17FN2O3/c1-12-15-5-3-4-6-16(15)25-18(12)19(24)22(2)11-17(23)21-14-9-7-13(20)8-10-14/h3-10H,11H2,1-2H3,(H,21,23). The van der Waals surface area contributed by atoms with Crippen LogP contribution in [0, 0.1) is 12.7 Å². The lowest BCUT2D eigenvalue weighted by Gasteiger charge is -2.16. The predicted octanol–water partition coefficient (Wildman–Crippen LogP) is 3.59. The van der Waals surface area contributed by atoms with Gasteiger partial charge >= 0.3 is 0 Å². The van der Waals surface area contributed by atoms with E-state index in [1.54, 1.807) is 6.07 Å². The van der Waals surface area contributed by atoms with Crippen molar-refractivity contribution in [1.82, 2.24) is 4.90 Å². The fourth-order valence-electron chi connectivity index (χ4n) is 2.57. The van der Waals surface area contributed by atoms with Crippen molar-refractivity contribution < 1.29 is 18.4 Å². The Bertz CT molecular complexity index is 931. The second-order valence-electron chi connectivity index (χ2n) is 5.77. The van der Waals surface area contributed by atoms with Gasteiger partial charge < -0.3 is 14.6 Å². The Morgan fingerprint density at radius 3 is 2.48 bits per heavy atom. The fourth-order valence-corrected chi connectivity index (χ4v) is 2.57. The Hall–Kier alpha value is -3.15. The highest BCUT2D eigenvalue weighted by molar-refractivity contribution is 6.01. The number of likely N-dealkylation sites (N-methyl/N-ethyl adjacent to an activating group) is 1. The van der Waals surface area contributed by atoms with Crippen molar-refractivity contribution in [1.29, 1.82) is 0 Å². The van der Waals surface area contributed by atoms with E-state index in [0.29, 0.717) is 11.3 Å². The number of halogens is 1. The number of carbonyl (C=O) groups is 2. The number of nitrogens with one attached hydrogen (secondary N) is 1. The van der Waals surface area contributed by atoms with E-state index in [1.807, 2.05) is 25.1 Å². The van der Waals surface area contributed by atoms with Crippen LogP contribution in [-0.2, 0) is 4.79 Å². The molecule has 3 aromatic rings. The summed E-state index contributed by atoms with van der Waals surface area (Å²) in [6.07, 6.45) is 0. The van der Waals surface area contributed by atoms with E-state index in [4.69, 9.17) is 4.42 Å². The van der Waals surface area contributed by atoms with Gasteiger partial charge in [0.25, 0.3) is 5.91 Å². The van der Waals surface area contributed by atoms with Gasteiger partial charge in [0.05, 0.1) is 6.54 Å². The van der Waals surface area contributed by atoms with Crippen LogP contribution in [0.5, 0.6) is 0 Å². The number of fused-ring (bicyclic) bond motifs is 1. The zero-order valence-electron chi connectivity index (χ0n) is 13.9. The number of anilines is 1. The summed E-state index contributed by atoms with van der Waals surface area (Å²) in [5, 5.41) is 3.49. The molecule has 128 valence electrons. The second-order valence-corrected chi connectivity index (χ2v) is 5.77. The third-order valence-corrected chi connectivity index (χ3v) is 3.89.